The average molecular weight is 311 g/mol. The molecule has 0 aliphatic heterocycles. The lowest BCUT2D eigenvalue weighted by atomic mass is 10.2. The van der Waals surface area contributed by atoms with E-state index in [0.717, 1.165) is 23.5 Å². The van der Waals surface area contributed by atoms with Gasteiger partial charge in [-0.05, 0) is 6.07 Å². The summed E-state index contributed by atoms with van der Waals surface area (Å²) in [5, 5.41) is 6.45. The van der Waals surface area contributed by atoms with Crippen molar-refractivity contribution in [1.82, 2.24) is 15.6 Å². The van der Waals surface area contributed by atoms with Crippen LogP contribution in [0.2, 0.25) is 0 Å². The van der Waals surface area contributed by atoms with Gasteiger partial charge in [-0.2, -0.15) is 0 Å². The highest BCUT2D eigenvalue weighted by Gasteiger charge is 2.14. The van der Waals surface area contributed by atoms with Gasteiger partial charge in [0.25, 0.3) is 11.8 Å². The molecular formula is C13H11F2N3O2S. The summed E-state index contributed by atoms with van der Waals surface area (Å²) in [5.41, 5.74) is 0.229. The fourth-order valence-corrected chi connectivity index (χ4v) is 2.26. The summed E-state index contributed by atoms with van der Waals surface area (Å²) in [6.07, 6.45) is 0. The Bertz CT molecular complexity index is 688. The number of nitrogens with zero attached hydrogens (tertiary/aromatic N) is 1. The number of benzene rings is 1. The Morgan fingerprint density at radius 3 is 2.71 bits per heavy atom. The van der Waals surface area contributed by atoms with Gasteiger partial charge in [0.05, 0.1) is 0 Å². The molecule has 5 nitrogen and oxygen atoms in total. The first-order valence-corrected chi connectivity index (χ1v) is 6.79. The molecule has 1 aromatic carbocycles. The lowest BCUT2D eigenvalue weighted by Gasteiger charge is -2.04. The van der Waals surface area contributed by atoms with Crippen LogP contribution in [0.4, 0.5) is 8.78 Å². The van der Waals surface area contributed by atoms with Gasteiger partial charge < -0.3 is 10.6 Å². The van der Waals surface area contributed by atoms with E-state index in [2.05, 4.69) is 15.6 Å². The number of carbonyl (C=O) groups excluding carboxylic acids is 2. The van der Waals surface area contributed by atoms with E-state index in [-0.39, 0.29) is 28.7 Å². The molecule has 0 spiro atoms. The molecule has 0 radical (unpaired) electrons. The van der Waals surface area contributed by atoms with Gasteiger partial charge in [0.1, 0.15) is 17.3 Å². The molecule has 0 saturated carbocycles. The van der Waals surface area contributed by atoms with Crippen molar-refractivity contribution in [2.45, 2.75) is 6.54 Å². The van der Waals surface area contributed by atoms with Gasteiger partial charge in [0.2, 0.25) is 0 Å². The maximum atomic E-state index is 13.4. The van der Waals surface area contributed by atoms with Gasteiger partial charge in [-0.3, -0.25) is 9.59 Å². The molecule has 2 aromatic rings. The summed E-state index contributed by atoms with van der Waals surface area (Å²) in [6.45, 7) is -0.0994. The van der Waals surface area contributed by atoms with E-state index >= 15 is 0 Å². The molecule has 0 fully saturated rings. The highest BCUT2D eigenvalue weighted by molar-refractivity contribution is 7.11. The Kier molecular flexibility index (Phi) is 4.59. The predicted octanol–water partition coefficient (Wildman–Crippen LogP) is 1.71. The number of rotatable bonds is 4. The Morgan fingerprint density at radius 2 is 2.05 bits per heavy atom. The molecule has 0 saturated heterocycles. The van der Waals surface area contributed by atoms with Crippen LogP contribution in [-0.4, -0.2) is 23.8 Å². The third-order valence-electron chi connectivity index (χ3n) is 2.61. The van der Waals surface area contributed by atoms with Crippen molar-refractivity contribution in [3.63, 3.8) is 0 Å². The van der Waals surface area contributed by atoms with Crippen molar-refractivity contribution >= 4 is 23.2 Å². The van der Waals surface area contributed by atoms with E-state index in [1.54, 1.807) is 0 Å². The number of halogens is 2. The minimum atomic E-state index is -0.736. The topological polar surface area (TPSA) is 71.1 Å². The fourth-order valence-electron chi connectivity index (χ4n) is 1.52. The molecule has 2 N–H and O–H groups in total. The third kappa shape index (κ3) is 3.60. The maximum absolute atomic E-state index is 13.4. The Balaban J connectivity index is 2.01. The summed E-state index contributed by atoms with van der Waals surface area (Å²) in [6, 6.07) is 3.10. The maximum Gasteiger partial charge on any atom is 0.280 e. The molecule has 0 unspecified atom stereocenters. The molecule has 110 valence electrons. The first kappa shape index (κ1) is 15.0. The zero-order chi connectivity index (χ0) is 15.4. The minimum absolute atomic E-state index is 0.0705. The van der Waals surface area contributed by atoms with Crippen LogP contribution in [0.15, 0.2) is 23.6 Å². The molecule has 1 heterocycles. The zero-order valence-corrected chi connectivity index (χ0v) is 11.8. The summed E-state index contributed by atoms with van der Waals surface area (Å²) >= 11 is 1.03. The van der Waals surface area contributed by atoms with Gasteiger partial charge in [-0.25, -0.2) is 13.8 Å². The standard InChI is InChI=1S/C13H11F2N3O2S/c1-16-12(20)13-18-10(6-21-13)11(19)17-5-7-2-3-8(14)4-9(7)15/h2-4,6H,5H2,1H3,(H,16,20)(H,17,19). The smallest absolute Gasteiger partial charge is 0.280 e. The summed E-state index contributed by atoms with van der Waals surface area (Å²) < 4.78 is 26.2. The van der Waals surface area contributed by atoms with Crippen molar-refractivity contribution in [3.8, 4) is 0 Å². The van der Waals surface area contributed by atoms with Crippen molar-refractivity contribution in [3.05, 3.63) is 51.5 Å². The molecule has 21 heavy (non-hydrogen) atoms. The second-order valence-electron chi connectivity index (χ2n) is 4.04. The number of amides is 2. The third-order valence-corrected chi connectivity index (χ3v) is 3.45. The van der Waals surface area contributed by atoms with Crippen molar-refractivity contribution < 1.29 is 18.4 Å². The first-order chi connectivity index (χ1) is 10.0. The number of thiazole rings is 1. The van der Waals surface area contributed by atoms with E-state index < -0.39 is 17.5 Å². The largest absolute Gasteiger partial charge is 0.353 e. The van der Waals surface area contributed by atoms with Gasteiger partial charge in [-0.1, -0.05) is 6.07 Å². The lowest BCUT2D eigenvalue weighted by Crippen LogP contribution is -2.24. The molecule has 0 aliphatic rings. The first-order valence-electron chi connectivity index (χ1n) is 5.91. The zero-order valence-electron chi connectivity index (χ0n) is 10.9. The van der Waals surface area contributed by atoms with Crippen LogP contribution in [-0.2, 0) is 6.54 Å². The number of hydrogen-bond donors (Lipinski definition) is 2. The second kappa shape index (κ2) is 6.40. The normalized spacial score (nSPS) is 10.2. The van der Waals surface area contributed by atoms with Gasteiger partial charge in [0.15, 0.2) is 5.01 Å². The number of aromatic nitrogens is 1. The van der Waals surface area contributed by atoms with Crippen LogP contribution in [0, 0.1) is 11.6 Å². The Labute approximate surface area is 123 Å². The molecule has 2 rings (SSSR count). The number of nitrogens with one attached hydrogen (secondary N) is 2. The van der Waals surface area contributed by atoms with Gasteiger partial charge >= 0.3 is 0 Å². The SMILES string of the molecule is CNC(=O)c1nc(C(=O)NCc2ccc(F)cc2F)cs1. The van der Waals surface area contributed by atoms with Gasteiger partial charge in [0, 0.05) is 30.6 Å². The second-order valence-corrected chi connectivity index (χ2v) is 4.89. The van der Waals surface area contributed by atoms with Crippen LogP contribution < -0.4 is 10.6 Å². The van der Waals surface area contributed by atoms with Crippen molar-refractivity contribution in [2.75, 3.05) is 7.05 Å². The van der Waals surface area contributed by atoms with Crippen LogP contribution in [0.25, 0.3) is 0 Å². The van der Waals surface area contributed by atoms with Crippen LogP contribution >= 0.6 is 11.3 Å². The molecule has 1 aromatic heterocycles. The monoisotopic (exact) mass is 311 g/mol. The number of hydrogen-bond acceptors (Lipinski definition) is 4. The van der Waals surface area contributed by atoms with E-state index in [9.17, 15) is 18.4 Å². The molecular weight excluding hydrogens is 300 g/mol. The molecule has 0 bridgehead atoms. The highest BCUT2D eigenvalue weighted by Crippen LogP contribution is 2.11. The van der Waals surface area contributed by atoms with Crippen LogP contribution in [0.3, 0.4) is 0 Å². The summed E-state index contributed by atoms with van der Waals surface area (Å²) in [7, 11) is 1.46. The Hall–Kier alpha value is -2.35. The molecule has 0 atom stereocenters. The van der Waals surface area contributed by atoms with E-state index in [4.69, 9.17) is 0 Å². The Morgan fingerprint density at radius 1 is 1.29 bits per heavy atom. The fraction of sp³-hybridized carbons (Fsp3) is 0.154. The van der Waals surface area contributed by atoms with Gasteiger partial charge in [-0.15, -0.1) is 11.3 Å². The van der Waals surface area contributed by atoms with Crippen LogP contribution in [0.1, 0.15) is 25.9 Å². The number of carbonyl (C=O) groups is 2. The van der Waals surface area contributed by atoms with Crippen molar-refractivity contribution in [1.29, 1.82) is 0 Å². The molecule has 8 heteroatoms. The summed E-state index contributed by atoms with van der Waals surface area (Å²) in [5.74, 6) is -2.34. The summed E-state index contributed by atoms with van der Waals surface area (Å²) in [4.78, 5) is 27.0. The quantitative estimate of drug-likeness (QED) is 0.903. The van der Waals surface area contributed by atoms with E-state index in [1.165, 1.54) is 18.5 Å². The average Bonchev–Trinajstić information content (AvgIpc) is 2.95. The predicted molar refractivity (Wildman–Crippen MR) is 73.0 cm³/mol. The van der Waals surface area contributed by atoms with Crippen molar-refractivity contribution in [2.24, 2.45) is 0 Å². The van der Waals surface area contributed by atoms with Crippen LogP contribution in [0.5, 0.6) is 0 Å². The minimum Gasteiger partial charge on any atom is -0.353 e. The van der Waals surface area contributed by atoms with E-state index in [0.29, 0.717) is 0 Å². The molecule has 0 aliphatic carbocycles. The lowest BCUT2D eigenvalue weighted by molar-refractivity contribution is 0.0946. The van der Waals surface area contributed by atoms with E-state index in [1.807, 2.05) is 0 Å². The highest BCUT2D eigenvalue weighted by atomic mass is 32.1. The molecule has 2 amide bonds.